The second-order valence-electron chi connectivity index (χ2n) is 9.58. The zero-order valence-electron chi connectivity index (χ0n) is 22.7. The number of rotatable bonds is 8. The number of thiazole rings is 1. The Hall–Kier alpha value is -2.63. The minimum Gasteiger partial charge on any atom is -0.472 e. The number of benzene rings is 1. The molecule has 0 unspecified atom stereocenters. The van der Waals surface area contributed by atoms with E-state index in [0.29, 0.717) is 50.8 Å². The van der Waals surface area contributed by atoms with Crippen molar-refractivity contribution >= 4 is 52.3 Å². The Labute approximate surface area is 251 Å². The van der Waals surface area contributed by atoms with Crippen molar-refractivity contribution in [2.45, 2.75) is 49.7 Å². The van der Waals surface area contributed by atoms with Crippen molar-refractivity contribution in [2.24, 2.45) is 0 Å². The number of pyridine rings is 1. The molecule has 1 aromatic carbocycles. The SMILES string of the molecule is COC(=O)c1c(-c2cc(C)nc(O[C@@H]3CCOC3)c2)c(C)nn1-c1nc(-c2ccc(Cl)c(Cl)c2)c(SC(C)C)s1. The van der Waals surface area contributed by atoms with Gasteiger partial charge >= 0.3 is 5.97 Å². The number of methoxy groups -OCH3 is 1. The van der Waals surface area contributed by atoms with Crippen molar-refractivity contribution in [3.8, 4) is 33.4 Å². The average molecular weight is 620 g/mol. The number of hydrogen-bond donors (Lipinski definition) is 0. The number of ether oxygens (including phenoxy) is 3. The van der Waals surface area contributed by atoms with Crippen LogP contribution in [0.15, 0.2) is 34.5 Å². The third-order valence-corrected chi connectivity index (χ3v) is 9.12. The Morgan fingerprint density at radius 3 is 2.62 bits per heavy atom. The van der Waals surface area contributed by atoms with Crippen molar-refractivity contribution in [2.75, 3.05) is 20.3 Å². The molecule has 4 aromatic rings. The first-order valence-corrected chi connectivity index (χ1v) is 15.1. The molecule has 1 aliphatic rings. The number of carbonyl (C=O) groups is 1. The molecule has 3 aromatic heterocycles. The first kappa shape index (κ1) is 28.9. The highest BCUT2D eigenvalue weighted by molar-refractivity contribution is 8.01. The van der Waals surface area contributed by atoms with E-state index >= 15 is 0 Å². The highest BCUT2D eigenvalue weighted by Gasteiger charge is 2.28. The van der Waals surface area contributed by atoms with E-state index in [1.807, 2.05) is 32.0 Å². The fourth-order valence-corrected chi connectivity index (χ4v) is 7.20. The second kappa shape index (κ2) is 12.1. The van der Waals surface area contributed by atoms with E-state index in [1.54, 1.807) is 28.6 Å². The lowest BCUT2D eigenvalue weighted by molar-refractivity contribution is 0.0591. The predicted molar refractivity (Wildman–Crippen MR) is 160 cm³/mol. The first-order chi connectivity index (χ1) is 19.1. The summed E-state index contributed by atoms with van der Waals surface area (Å²) in [4.78, 5) is 22.8. The number of esters is 1. The van der Waals surface area contributed by atoms with E-state index in [2.05, 4.69) is 18.8 Å². The van der Waals surface area contributed by atoms with E-state index in [4.69, 9.17) is 47.5 Å². The van der Waals surface area contributed by atoms with E-state index in [9.17, 15) is 4.79 Å². The molecule has 12 heteroatoms. The summed E-state index contributed by atoms with van der Waals surface area (Å²) >= 11 is 15.6. The summed E-state index contributed by atoms with van der Waals surface area (Å²) in [5, 5.41) is 6.51. The van der Waals surface area contributed by atoms with Gasteiger partial charge in [-0.1, -0.05) is 54.5 Å². The minimum atomic E-state index is -0.527. The smallest absolute Gasteiger partial charge is 0.357 e. The summed E-state index contributed by atoms with van der Waals surface area (Å²) in [5.41, 5.74) is 4.63. The van der Waals surface area contributed by atoms with E-state index in [1.165, 1.54) is 18.4 Å². The molecule has 40 heavy (non-hydrogen) atoms. The number of carbonyl (C=O) groups excluding carboxylic acids is 1. The lowest BCUT2D eigenvalue weighted by Crippen LogP contribution is -2.16. The lowest BCUT2D eigenvalue weighted by atomic mass is 10.0. The molecule has 0 aliphatic carbocycles. The predicted octanol–water partition coefficient (Wildman–Crippen LogP) is 7.44. The van der Waals surface area contributed by atoms with Crippen LogP contribution in [0.25, 0.3) is 27.5 Å². The topological polar surface area (TPSA) is 88.4 Å². The number of nitrogens with zero attached hydrogens (tertiary/aromatic N) is 4. The van der Waals surface area contributed by atoms with E-state index in [-0.39, 0.29) is 11.8 Å². The third-order valence-electron chi connectivity index (χ3n) is 6.13. The molecule has 0 N–H and O–H groups in total. The highest BCUT2D eigenvalue weighted by Crippen LogP contribution is 2.42. The Balaban J connectivity index is 1.64. The molecule has 1 saturated heterocycles. The Morgan fingerprint density at radius 2 is 1.95 bits per heavy atom. The average Bonchev–Trinajstić information content (AvgIpc) is 3.63. The first-order valence-electron chi connectivity index (χ1n) is 12.7. The van der Waals surface area contributed by atoms with Crippen molar-refractivity contribution in [1.82, 2.24) is 19.7 Å². The summed E-state index contributed by atoms with van der Waals surface area (Å²) in [6.07, 6.45) is 0.745. The number of hydrogen-bond acceptors (Lipinski definition) is 9. The number of aryl methyl sites for hydroxylation is 2. The van der Waals surface area contributed by atoms with Crippen LogP contribution in [0.3, 0.4) is 0 Å². The molecule has 1 atom stereocenters. The molecule has 1 fully saturated rings. The molecule has 0 amide bonds. The summed E-state index contributed by atoms with van der Waals surface area (Å²) in [7, 11) is 1.36. The minimum absolute atomic E-state index is 0.0574. The van der Waals surface area contributed by atoms with Crippen molar-refractivity contribution in [3.63, 3.8) is 0 Å². The van der Waals surface area contributed by atoms with Crippen LogP contribution < -0.4 is 4.74 Å². The standard InChI is InChI=1S/C28H28Cl2N4O4S2/c1-14(2)39-27-24(17-6-7-20(29)21(30)11-17)32-28(40-27)34-25(26(35)36-5)23(16(4)33-34)18-10-15(3)31-22(12-18)38-19-8-9-37-13-19/h6-7,10-12,14,19H,8-9,13H2,1-5H3/t19-/m1/s1. The maximum atomic E-state index is 13.3. The van der Waals surface area contributed by atoms with Gasteiger partial charge in [0.15, 0.2) is 5.69 Å². The van der Waals surface area contributed by atoms with Crippen LogP contribution in [0, 0.1) is 13.8 Å². The van der Waals surface area contributed by atoms with Gasteiger partial charge < -0.3 is 14.2 Å². The number of aromatic nitrogens is 4. The Kier molecular flexibility index (Phi) is 8.72. The van der Waals surface area contributed by atoms with Gasteiger partial charge in [0.25, 0.3) is 0 Å². The molecule has 0 bridgehead atoms. The van der Waals surface area contributed by atoms with Gasteiger partial charge in [-0.05, 0) is 37.6 Å². The zero-order chi connectivity index (χ0) is 28.6. The maximum Gasteiger partial charge on any atom is 0.357 e. The van der Waals surface area contributed by atoms with Gasteiger partial charge in [0.05, 0.1) is 46.0 Å². The molecule has 0 radical (unpaired) electrons. The fourth-order valence-electron chi connectivity index (χ4n) is 4.42. The van der Waals surface area contributed by atoms with Gasteiger partial charge in [-0.15, -0.1) is 11.8 Å². The molecule has 4 heterocycles. The highest BCUT2D eigenvalue weighted by atomic mass is 35.5. The van der Waals surface area contributed by atoms with E-state index < -0.39 is 5.97 Å². The molecular weight excluding hydrogens is 591 g/mol. The number of halogens is 2. The van der Waals surface area contributed by atoms with Gasteiger partial charge in [0.2, 0.25) is 11.0 Å². The van der Waals surface area contributed by atoms with Crippen LogP contribution in [0.4, 0.5) is 0 Å². The van der Waals surface area contributed by atoms with Crippen LogP contribution >= 0.6 is 46.3 Å². The third kappa shape index (κ3) is 6.01. The van der Waals surface area contributed by atoms with Crippen LogP contribution in [0.2, 0.25) is 10.0 Å². The molecular formula is C28H28Cl2N4O4S2. The summed E-state index contributed by atoms with van der Waals surface area (Å²) < 4.78 is 19.3. The summed E-state index contributed by atoms with van der Waals surface area (Å²) in [5.74, 6) is -0.0543. The van der Waals surface area contributed by atoms with Gasteiger partial charge in [-0.2, -0.15) is 9.78 Å². The zero-order valence-corrected chi connectivity index (χ0v) is 25.8. The quantitative estimate of drug-likeness (QED) is 0.149. The lowest BCUT2D eigenvalue weighted by Gasteiger charge is -2.13. The molecule has 8 nitrogen and oxygen atoms in total. The van der Waals surface area contributed by atoms with Gasteiger partial charge in [-0.25, -0.2) is 14.8 Å². The molecule has 5 rings (SSSR count). The summed E-state index contributed by atoms with van der Waals surface area (Å²) in [6.45, 7) is 9.16. The van der Waals surface area contributed by atoms with Crippen LogP contribution in [-0.4, -0.2) is 57.4 Å². The van der Waals surface area contributed by atoms with Crippen LogP contribution in [0.1, 0.15) is 42.1 Å². The summed E-state index contributed by atoms with van der Waals surface area (Å²) in [6, 6.07) is 9.16. The largest absolute Gasteiger partial charge is 0.472 e. The van der Waals surface area contributed by atoms with Crippen molar-refractivity contribution in [3.05, 3.63) is 57.5 Å². The molecule has 210 valence electrons. The fraction of sp³-hybridized carbons (Fsp3) is 0.357. The van der Waals surface area contributed by atoms with Crippen molar-refractivity contribution < 1.29 is 19.0 Å². The van der Waals surface area contributed by atoms with Gasteiger partial charge in [-0.3, -0.25) is 0 Å². The van der Waals surface area contributed by atoms with Crippen LogP contribution in [-0.2, 0) is 9.47 Å². The molecule has 0 spiro atoms. The second-order valence-corrected chi connectivity index (χ2v) is 13.2. The van der Waals surface area contributed by atoms with Crippen molar-refractivity contribution in [1.29, 1.82) is 0 Å². The Morgan fingerprint density at radius 1 is 1.15 bits per heavy atom. The maximum absolute atomic E-state index is 13.3. The van der Waals surface area contributed by atoms with Gasteiger partial charge in [0.1, 0.15) is 6.10 Å². The Bertz CT molecular complexity index is 1560. The molecule has 1 aliphatic heterocycles. The monoisotopic (exact) mass is 618 g/mol. The van der Waals surface area contributed by atoms with Crippen LogP contribution in [0.5, 0.6) is 5.88 Å². The number of thioether (sulfide) groups is 1. The molecule has 0 saturated carbocycles. The van der Waals surface area contributed by atoms with E-state index in [0.717, 1.165) is 33.1 Å². The normalized spacial score (nSPS) is 15.2. The van der Waals surface area contributed by atoms with Gasteiger partial charge in [0, 0.05) is 34.6 Å².